The van der Waals surface area contributed by atoms with Crippen LogP contribution in [0.2, 0.25) is 0 Å². The van der Waals surface area contributed by atoms with Crippen molar-refractivity contribution in [2.24, 2.45) is 0 Å². The fraction of sp³-hybridized carbons (Fsp3) is 0.722. The first kappa shape index (κ1) is 39.3. The van der Waals surface area contributed by atoms with Gasteiger partial charge in [0.15, 0.2) is 0 Å². The minimum atomic E-state index is -4.46. The van der Waals surface area contributed by atoms with Crippen molar-refractivity contribution in [1.82, 2.24) is 0 Å². The van der Waals surface area contributed by atoms with Crippen LogP contribution in [-0.4, -0.2) is 13.0 Å². The van der Waals surface area contributed by atoms with Crippen molar-refractivity contribution < 1.29 is 64.4 Å². The predicted octanol–water partition coefficient (Wildman–Crippen LogP) is 8.45. The van der Waals surface area contributed by atoms with E-state index < -0.39 is 10.1 Å². The van der Waals surface area contributed by atoms with E-state index in [1.54, 1.807) is 6.07 Å². The zero-order valence-corrected chi connectivity index (χ0v) is 30.9. The van der Waals surface area contributed by atoms with Crippen LogP contribution in [0.1, 0.15) is 166 Å². The van der Waals surface area contributed by atoms with Crippen molar-refractivity contribution in [3.05, 3.63) is 41.5 Å². The number of hydrogen-bond donors (Lipinski definition) is 0. The monoisotopic (exact) mass is 610 g/mol. The first-order valence-corrected chi connectivity index (χ1v) is 18.4. The molecule has 0 heterocycles. The van der Waals surface area contributed by atoms with Crippen molar-refractivity contribution in [2.45, 2.75) is 173 Å². The van der Waals surface area contributed by atoms with Crippen LogP contribution in [-0.2, 0) is 23.0 Å². The van der Waals surface area contributed by atoms with E-state index in [0.29, 0.717) is 0 Å². The number of hydrogen-bond acceptors (Lipinski definition) is 3. The van der Waals surface area contributed by atoms with Gasteiger partial charge < -0.3 is 4.55 Å². The van der Waals surface area contributed by atoms with Crippen LogP contribution in [0.25, 0.3) is 10.8 Å². The largest absolute Gasteiger partial charge is 1.00 e. The Labute approximate surface area is 296 Å². The van der Waals surface area contributed by atoms with Gasteiger partial charge in [-0.2, -0.15) is 0 Å². The SMILES string of the molecule is CCCCCCCCCCCCCc1ccc(CCCCCCCCCCCCC)c2cc(S(=O)(=O)[O-])ccc12.[K+]. The Morgan fingerprint density at radius 1 is 0.488 bits per heavy atom. The van der Waals surface area contributed by atoms with Gasteiger partial charge in [-0.15, -0.1) is 0 Å². The molecule has 0 unspecified atom stereocenters. The summed E-state index contributed by atoms with van der Waals surface area (Å²) in [5.41, 5.74) is 2.46. The molecule has 41 heavy (non-hydrogen) atoms. The van der Waals surface area contributed by atoms with Gasteiger partial charge in [0.05, 0.1) is 4.90 Å². The van der Waals surface area contributed by atoms with Crippen LogP contribution in [0.5, 0.6) is 0 Å². The summed E-state index contributed by atoms with van der Waals surface area (Å²) in [6.45, 7) is 4.53. The molecular weight excluding hydrogens is 552 g/mol. The van der Waals surface area contributed by atoms with E-state index >= 15 is 0 Å². The molecule has 0 aliphatic heterocycles. The molecule has 0 saturated heterocycles. The Morgan fingerprint density at radius 3 is 1.20 bits per heavy atom. The van der Waals surface area contributed by atoms with Crippen molar-refractivity contribution in [3.63, 3.8) is 0 Å². The van der Waals surface area contributed by atoms with Gasteiger partial charge in [-0.05, 0) is 59.7 Å². The number of unbranched alkanes of at least 4 members (excludes halogenated alkanes) is 20. The van der Waals surface area contributed by atoms with Crippen molar-refractivity contribution in [3.8, 4) is 0 Å². The molecule has 228 valence electrons. The van der Waals surface area contributed by atoms with Gasteiger partial charge in [-0.3, -0.25) is 0 Å². The van der Waals surface area contributed by atoms with Gasteiger partial charge in [0.25, 0.3) is 0 Å². The van der Waals surface area contributed by atoms with Crippen LogP contribution in [0.15, 0.2) is 35.2 Å². The molecule has 0 aromatic heterocycles. The molecule has 2 aromatic carbocycles. The zero-order chi connectivity index (χ0) is 28.9. The standard InChI is InChI=1S/C36H60O3S.K/c1-3-5-7-9-11-13-15-17-19-21-23-25-32-27-28-33(36-31-34(40(37,38)39)29-30-35(32)36)26-24-22-20-18-16-14-12-10-8-6-4-2;/h27-31H,3-26H2,1-2H3,(H,37,38,39);/q;+1/p-1. The molecule has 2 rings (SSSR count). The normalized spacial score (nSPS) is 11.7. The summed E-state index contributed by atoms with van der Waals surface area (Å²) in [5.74, 6) is 0. The van der Waals surface area contributed by atoms with Crippen LogP contribution < -0.4 is 51.4 Å². The zero-order valence-electron chi connectivity index (χ0n) is 27.0. The quantitative estimate of drug-likeness (QED) is 0.0644. The minimum Gasteiger partial charge on any atom is -0.744 e. The average Bonchev–Trinajstić information content (AvgIpc) is 2.94. The number of fused-ring (bicyclic) bond motifs is 1. The molecule has 0 aliphatic carbocycles. The van der Waals surface area contributed by atoms with E-state index in [2.05, 4.69) is 26.0 Å². The molecule has 0 atom stereocenters. The predicted molar refractivity (Wildman–Crippen MR) is 172 cm³/mol. The number of benzene rings is 2. The third-order valence-electron chi connectivity index (χ3n) is 8.56. The van der Waals surface area contributed by atoms with Gasteiger partial charge in [-0.1, -0.05) is 160 Å². The molecule has 2 aromatic rings. The Hall–Kier alpha value is 0.246. The Bertz CT molecular complexity index is 1030. The van der Waals surface area contributed by atoms with E-state index in [0.717, 1.165) is 36.5 Å². The fourth-order valence-electron chi connectivity index (χ4n) is 6.00. The molecule has 0 amide bonds. The third kappa shape index (κ3) is 17.4. The Morgan fingerprint density at radius 2 is 0.829 bits per heavy atom. The van der Waals surface area contributed by atoms with E-state index in [4.69, 9.17) is 0 Å². The molecule has 0 N–H and O–H groups in total. The first-order valence-electron chi connectivity index (χ1n) is 17.0. The molecule has 0 fully saturated rings. The van der Waals surface area contributed by atoms with E-state index in [1.807, 2.05) is 6.07 Å². The summed E-state index contributed by atoms with van der Waals surface area (Å²) in [7, 11) is -4.46. The van der Waals surface area contributed by atoms with Crippen molar-refractivity contribution in [1.29, 1.82) is 0 Å². The molecule has 0 bridgehead atoms. The maximum Gasteiger partial charge on any atom is 1.00 e. The summed E-state index contributed by atoms with van der Waals surface area (Å²) >= 11 is 0. The smallest absolute Gasteiger partial charge is 0.744 e. The van der Waals surface area contributed by atoms with E-state index in [9.17, 15) is 13.0 Å². The van der Waals surface area contributed by atoms with E-state index in [-0.39, 0.29) is 56.3 Å². The van der Waals surface area contributed by atoms with Gasteiger partial charge in [-0.25, -0.2) is 8.42 Å². The molecule has 0 spiro atoms. The van der Waals surface area contributed by atoms with Crippen LogP contribution >= 0.6 is 0 Å². The van der Waals surface area contributed by atoms with Gasteiger partial charge in [0, 0.05) is 0 Å². The van der Waals surface area contributed by atoms with Crippen LogP contribution in [0, 0.1) is 0 Å². The maximum atomic E-state index is 11.8. The molecular formula is C36H59KO3S. The van der Waals surface area contributed by atoms with Crippen LogP contribution in [0.3, 0.4) is 0 Å². The number of aryl methyl sites for hydroxylation is 2. The summed E-state index contributed by atoms with van der Waals surface area (Å²) in [6.07, 6.45) is 31.0. The average molecular weight is 611 g/mol. The number of rotatable bonds is 25. The van der Waals surface area contributed by atoms with Gasteiger partial charge in [0.2, 0.25) is 0 Å². The van der Waals surface area contributed by atoms with Gasteiger partial charge in [0.1, 0.15) is 10.1 Å². The second-order valence-electron chi connectivity index (χ2n) is 12.1. The molecule has 0 saturated carbocycles. The second-order valence-corrected chi connectivity index (χ2v) is 13.5. The summed E-state index contributed by atoms with van der Waals surface area (Å²) in [5, 5.41) is 2.09. The third-order valence-corrected chi connectivity index (χ3v) is 9.39. The topological polar surface area (TPSA) is 57.2 Å². The summed E-state index contributed by atoms with van der Waals surface area (Å²) in [4.78, 5) is -0.105. The van der Waals surface area contributed by atoms with Crippen molar-refractivity contribution >= 4 is 20.9 Å². The molecule has 3 nitrogen and oxygen atoms in total. The summed E-state index contributed by atoms with van der Waals surface area (Å²) in [6, 6.07) is 9.44. The Balaban J connectivity index is 0.00000840. The fourth-order valence-corrected chi connectivity index (χ4v) is 6.50. The minimum absolute atomic E-state index is 0. The second kappa shape index (κ2) is 24.6. The van der Waals surface area contributed by atoms with Crippen molar-refractivity contribution in [2.75, 3.05) is 0 Å². The van der Waals surface area contributed by atoms with E-state index in [1.165, 1.54) is 146 Å². The van der Waals surface area contributed by atoms with Crippen LogP contribution in [0.4, 0.5) is 0 Å². The first-order chi connectivity index (χ1) is 19.5. The summed E-state index contributed by atoms with van der Waals surface area (Å²) < 4.78 is 35.3. The molecule has 0 radical (unpaired) electrons. The molecule has 0 aliphatic rings. The molecule has 5 heteroatoms. The Kier molecular flexibility index (Phi) is 23.5. The maximum absolute atomic E-state index is 11.8. The van der Waals surface area contributed by atoms with Gasteiger partial charge >= 0.3 is 51.4 Å².